The summed E-state index contributed by atoms with van der Waals surface area (Å²) in [6.45, 7) is 0. The van der Waals surface area contributed by atoms with Gasteiger partial charge in [-0.2, -0.15) is 14.9 Å². The van der Waals surface area contributed by atoms with E-state index in [-0.39, 0.29) is 5.75 Å². The Bertz CT molecular complexity index is 1040. The molecule has 2 N–H and O–H groups in total. The third-order valence-corrected chi connectivity index (χ3v) is 4.13. The number of hydrogen-bond donors (Lipinski definition) is 2. The monoisotopic (exact) mass is 386 g/mol. The molecule has 2 aromatic carbocycles. The van der Waals surface area contributed by atoms with Crippen molar-refractivity contribution in [2.45, 2.75) is 0 Å². The van der Waals surface area contributed by atoms with E-state index in [0.29, 0.717) is 39.0 Å². The predicted octanol–water partition coefficient (Wildman–Crippen LogP) is 3.22. The van der Waals surface area contributed by atoms with Crippen LogP contribution in [0.4, 0.5) is 0 Å². The number of hydrogen-bond acceptors (Lipinski definition) is 7. The second kappa shape index (κ2) is 7.92. The largest absolute Gasteiger partial charge is 0.504 e. The topological polar surface area (TPSA) is 93.9 Å². The van der Waals surface area contributed by atoms with Crippen molar-refractivity contribution in [2.75, 3.05) is 21.3 Å². The highest BCUT2D eigenvalue weighted by Crippen LogP contribution is 2.32. The van der Waals surface area contributed by atoms with Crippen LogP contribution in [0, 0.1) is 4.77 Å². The average molecular weight is 386 g/mol. The number of aromatic nitrogens is 3. The number of phenols is 1. The second-order valence-electron chi connectivity index (χ2n) is 5.37. The molecule has 0 bridgehead atoms. The van der Waals surface area contributed by atoms with Crippen LogP contribution in [0.2, 0.25) is 0 Å². The molecule has 0 aliphatic rings. The number of aromatic amines is 1. The maximum Gasteiger partial charge on any atom is 0.216 e. The SMILES string of the molecule is COc1ccc(-c2n[nH]c(=S)n2/N=C/c2cccc(OC)c2O)c(OC)c1. The Kier molecular flexibility index (Phi) is 5.41. The van der Waals surface area contributed by atoms with E-state index in [4.69, 9.17) is 26.4 Å². The van der Waals surface area contributed by atoms with Gasteiger partial charge < -0.3 is 19.3 Å². The molecule has 1 aromatic heterocycles. The summed E-state index contributed by atoms with van der Waals surface area (Å²) in [5.41, 5.74) is 1.16. The number of H-pyrrole nitrogens is 1. The summed E-state index contributed by atoms with van der Waals surface area (Å²) < 4.78 is 17.5. The van der Waals surface area contributed by atoms with Crippen molar-refractivity contribution in [1.29, 1.82) is 0 Å². The van der Waals surface area contributed by atoms with E-state index in [1.807, 2.05) is 0 Å². The van der Waals surface area contributed by atoms with Gasteiger partial charge in [-0.1, -0.05) is 6.07 Å². The lowest BCUT2D eigenvalue weighted by Gasteiger charge is -2.09. The molecule has 1 heterocycles. The minimum absolute atomic E-state index is 0.0117. The lowest BCUT2D eigenvalue weighted by atomic mass is 10.2. The highest BCUT2D eigenvalue weighted by molar-refractivity contribution is 7.71. The molecule has 0 fully saturated rings. The highest BCUT2D eigenvalue weighted by atomic mass is 32.1. The van der Waals surface area contributed by atoms with Gasteiger partial charge in [-0.25, -0.2) is 5.10 Å². The second-order valence-corrected chi connectivity index (χ2v) is 5.76. The molecule has 0 saturated carbocycles. The van der Waals surface area contributed by atoms with Gasteiger partial charge in [-0.3, -0.25) is 0 Å². The Balaban J connectivity index is 2.05. The summed E-state index contributed by atoms with van der Waals surface area (Å²) in [4.78, 5) is 0. The van der Waals surface area contributed by atoms with Gasteiger partial charge in [-0.05, 0) is 36.5 Å². The van der Waals surface area contributed by atoms with Crippen LogP contribution in [0.15, 0.2) is 41.5 Å². The summed E-state index contributed by atoms with van der Waals surface area (Å²) in [5, 5.41) is 21.5. The van der Waals surface area contributed by atoms with Crippen molar-refractivity contribution in [3.05, 3.63) is 46.7 Å². The Morgan fingerprint density at radius 2 is 1.89 bits per heavy atom. The summed E-state index contributed by atoms with van der Waals surface area (Å²) >= 11 is 5.28. The van der Waals surface area contributed by atoms with Gasteiger partial charge in [0, 0.05) is 11.6 Å². The fourth-order valence-corrected chi connectivity index (χ4v) is 2.66. The first-order valence-electron chi connectivity index (χ1n) is 7.89. The number of ether oxygens (including phenoxy) is 3. The number of nitrogens with one attached hydrogen (secondary N) is 1. The molecule has 0 aliphatic heterocycles. The van der Waals surface area contributed by atoms with E-state index in [9.17, 15) is 5.11 Å². The number of phenolic OH excluding ortho intramolecular Hbond substituents is 1. The third-order valence-electron chi connectivity index (χ3n) is 3.86. The lowest BCUT2D eigenvalue weighted by Crippen LogP contribution is -1.98. The van der Waals surface area contributed by atoms with E-state index in [1.165, 1.54) is 18.0 Å². The number of methoxy groups -OCH3 is 3. The van der Waals surface area contributed by atoms with Gasteiger partial charge >= 0.3 is 0 Å². The molecule has 27 heavy (non-hydrogen) atoms. The standard InChI is InChI=1S/C18H18N4O4S/c1-24-12-7-8-13(15(9-12)26-3)17-20-21-18(27)22(17)19-10-11-5-4-6-14(25-2)16(11)23/h4-10,23H,1-3H3,(H,21,27)/b19-10+. The Morgan fingerprint density at radius 1 is 1.11 bits per heavy atom. The quantitative estimate of drug-likeness (QED) is 0.499. The smallest absolute Gasteiger partial charge is 0.216 e. The number of benzene rings is 2. The molecule has 0 atom stereocenters. The zero-order chi connectivity index (χ0) is 19.4. The average Bonchev–Trinajstić information content (AvgIpc) is 3.06. The minimum Gasteiger partial charge on any atom is -0.504 e. The number of para-hydroxylation sites is 1. The zero-order valence-electron chi connectivity index (χ0n) is 15.0. The molecular formula is C18H18N4O4S. The van der Waals surface area contributed by atoms with Crippen molar-refractivity contribution in [2.24, 2.45) is 5.10 Å². The molecule has 140 valence electrons. The molecule has 0 amide bonds. The van der Waals surface area contributed by atoms with Crippen LogP contribution in [0.1, 0.15) is 5.56 Å². The molecule has 0 spiro atoms. The summed E-state index contributed by atoms with van der Waals surface area (Å²) in [5.74, 6) is 2.01. The highest BCUT2D eigenvalue weighted by Gasteiger charge is 2.15. The van der Waals surface area contributed by atoms with Gasteiger partial charge in [0.05, 0.1) is 33.1 Å². The molecule has 0 saturated heterocycles. The van der Waals surface area contributed by atoms with Crippen molar-refractivity contribution in [3.8, 4) is 34.4 Å². The normalized spacial score (nSPS) is 10.9. The van der Waals surface area contributed by atoms with Crippen molar-refractivity contribution >= 4 is 18.4 Å². The van der Waals surface area contributed by atoms with Gasteiger partial charge in [0.2, 0.25) is 4.77 Å². The molecular weight excluding hydrogens is 368 g/mol. The summed E-state index contributed by atoms with van der Waals surface area (Å²) in [6, 6.07) is 10.5. The first-order chi connectivity index (χ1) is 13.1. The molecule has 0 aliphatic carbocycles. The maximum atomic E-state index is 10.2. The van der Waals surface area contributed by atoms with Gasteiger partial charge in [0.1, 0.15) is 11.5 Å². The van der Waals surface area contributed by atoms with Crippen LogP contribution in [-0.2, 0) is 0 Å². The van der Waals surface area contributed by atoms with Crippen LogP contribution >= 0.6 is 12.2 Å². The fourth-order valence-electron chi connectivity index (χ4n) is 2.48. The van der Waals surface area contributed by atoms with Crippen molar-refractivity contribution in [1.82, 2.24) is 14.9 Å². The van der Waals surface area contributed by atoms with E-state index >= 15 is 0 Å². The molecule has 9 heteroatoms. The van der Waals surface area contributed by atoms with Gasteiger partial charge in [0.15, 0.2) is 17.3 Å². The Hall–Kier alpha value is -3.33. The first kappa shape index (κ1) is 18.5. The van der Waals surface area contributed by atoms with Gasteiger partial charge in [0.25, 0.3) is 0 Å². The van der Waals surface area contributed by atoms with Crippen LogP contribution < -0.4 is 14.2 Å². The van der Waals surface area contributed by atoms with E-state index < -0.39 is 0 Å². The first-order valence-corrected chi connectivity index (χ1v) is 8.30. The molecule has 3 rings (SSSR count). The van der Waals surface area contributed by atoms with Crippen LogP contribution in [-0.4, -0.2) is 47.5 Å². The molecule has 0 unspecified atom stereocenters. The van der Waals surface area contributed by atoms with Crippen LogP contribution in [0.3, 0.4) is 0 Å². The number of rotatable bonds is 6. The number of nitrogens with zero attached hydrogens (tertiary/aromatic N) is 3. The van der Waals surface area contributed by atoms with E-state index in [2.05, 4.69) is 15.3 Å². The summed E-state index contributed by atoms with van der Waals surface area (Å²) in [7, 11) is 4.62. The molecule has 3 aromatic rings. The Morgan fingerprint density at radius 3 is 2.59 bits per heavy atom. The van der Waals surface area contributed by atoms with E-state index in [0.717, 1.165) is 0 Å². The van der Waals surface area contributed by atoms with Crippen molar-refractivity contribution in [3.63, 3.8) is 0 Å². The molecule has 0 radical (unpaired) electrons. The van der Waals surface area contributed by atoms with Crippen molar-refractivity contribution < 1.29 is 19.3 Å². The third kappa shape index (κ3) is 3.63. The van der Waals surface area contributed by atoms with Gasteiger partial charge in [-0.15, -0.1) is 0 Å². The van der Waals surface area contributed by atoms with E-state index in [1.54, 1.807) is 50.6 Å². The van der Waals surface area contributed by atoms with Crippen LogP contribution in [0.5, 0.6) is 23.0 Å². The number of aromatic hydroxyl groups is 1. The fraction of sp³-hybridized carbons (Fsp3) is 0.167. The minimum atomic E-state index is -0.0117. The lowest BCUT2D eigenvalue weighted by molar-refractivity contribution is 0.373. The van der Waals surface area contributed by atoms with Crippen LogP contribution in [0.25, 0.3) is 11.4 Å². The Labute approximate surface area is 160 Å². The summed E-state index contributed by atoms with van der Waals surface area (Å²) in [6.07, 6.45) is 1.47. The molecule has 8 nitrogen and oxygen atoms in total. The predicted molar refractivity (Wildman–Crippen MR) is 104 cm³/mol. The maximum absolute atomic E-state index is 10.2. The zero-order valence-corrected chi connectivity index (χ0v) is 15.8.